The molecular formula is C24H16BrClN2O6S. The summed E-state index contributed by atoms with van der Waals surface area (Å²) in [6.07, 6.45) is 1.43. The molecule has 1 aliphatic rings. The van der Waals surface area contributed by atoms with Gasteiger partial charge in [0.2, 0.25) is 5.91 Å². The molecule has 2 heterocycles. The molecule has 3 amide bonds. The van der Waals surface area contributed by atoms with Crippen molar-refractivity contribution < 1.29 is 28.7 Å². The lowest BCUT2D eigenvalue weighted by Gasteiger charge is -2.12. The van der Waals surface area contributed by atoms with Crippen LogP contribution in [-0.2, 0) is 9.59 Å². The normalized spacial score (nSPS) is 14.6. The highest BCUT2D eigenvalue weighted by Gasteiger charge is 2.36. The molecule has 11 heteroatoms. The van der Waals surface area contributed by atoms with Crippen LogP contribution in [0, 0.1) is 6.92 Å². The number of amides is 3. The largest absolute Gasteiger partial charge is 0.478 e. The smallest absolute Gasteiger partial charge is 0.335 e. The molecule has 0 atom stereocenters. The maximum atomic E-state index is 12.8. The highest BCUT2D eigenvalue weighted by molar-refractivity contribution is 9.10. The van der Waals surface area contributed by atoms with Crippen molar-refractivity contribution >= 4 is 74.1 Å². The Bertz CT molecular complexity index is 1420. The number of hydrogen-bond acceptors (Lipinski definition) is 6. The number of imide groups is 1. The van der Waals surface area contributed by atoms with Crippen LogP contribution in [0.1, 0.15) is 21.7 Å². The van der Waals surface area contributed by atoms with Gasteiger partial charge in [0, 0.05) is 21.8 Å². The Labute approximate surface area is 217 Å². The molecule has 2 aromatic carbocycles. The van der Waals surface area contributed by atoms with Gasteiger partial charge in [-0.05, 0) is 82.6 Å². The average molecular weight is 576 g/mol. The first kappa shape index (κ1) is 24.8. The number of aryl methyl sites for hydroxylation is 1. The second kappa shape index (κ2) is 10.1. The molecule has 1 aliphatic heterocycles. The Morgan fingerprint density at radius 3 is 2.63 bits per heavy atom. The third-order valence-electron chi connectivity index (χ3n) is 5.02. The first-order valence-corrected chi connectivity index (χ1v) is 12.1. The van der Waals surface area contributed by atoms with Crippen LogP contribution in [-0.4, -0.2) is 39.6 Å². The monoisotopic (exact) mass is 574 g/mol. The molecule has 35 heavy (non-hydrogen) atoms. The number of carbonyl (C=O) groups is 4. The van der Waals surface area contributed by atoms with Crippen molar-refractivity contribution in [2.24, 2.45) is 0 Å². The lowest BCUT2D eigenvalue weighted by molar-refractivity contribution is -0.127. The van der Waals surface area contributed by atoms with E-state index in [0.29, 0.717) is 49.6 Å². The minimum absolute atomic E-state index is 0.119. The summed E-state index contributed by atoms with van der Waals surface area (Å²) in [5.74, 6) is -1.36. The zero-order chi connectivity index (χ0) is 25.3. The lowest BCUT2D eigenvalue weighted by Crippen LogP contribution is -2.36. The summed E-state index contributed by atoms with van der Waals surface area (Å²) >= 11 is 9.99. The van der Waals surface area contributed by atoms with Gasteiger partial charge in [-0.25, -0.2) is 4.79 Å². The number of halogens is 2. The van der Waals surface area contributed by atoms with Gasteiger partial charge >= 0.3 is 5.97 Å². The van der Waals surface area contributed by atoms with E-state index in [4.69, 9.17) is 21.1 Å². The molecule has 0 radical (unpaired) electrons. The maximum absolute atomic E-state index is 12.8. The average Bonchev–Trinajstić information content (AvgIpc) is 3.36. The number of hydrogen-bond donors (Lipinski definition) is 2. The molecule has 0 spiro atoms. The van der Waals surface area contributed by atoms with E-state index >= 15 is 0 Å². The molecule has 0 aliphatic carbocycles. The van der Waals surface area contributed by atoms with E-state index in [0.717, 1.165) is 4.90 Å². The van der Waals surface area contributed by atoms with Crippen molar-refractivity contribution in [2.75, 3.05) is 11.9 Å². The molecule has 178 valence electrons. The maximum Gasteiger partial charge on any atom is 0.335 e. The number of carboxylic acids is 1. The van der Waals surface area contributed by atoms with Gasteiger partial charge in [0.05, 0.1) is 15.5 Å². The van der Waals surface area contributed by atoms with Crippen LogP contribution in [0.5, 0.6) is 0 Å². The van der Waals surface area contributed by atoms with Crippen molar-refractivity contribution in [3.05, 3.63) is 79.8 Å². The molecule has 1 saturated heterocycles. The summed E-state index contributed by atoms with van der Waals surface area (Å²) in [7, 11) is 0. The van der Waals surface area contributed by atoms with Gasteiger partial charge in [-0.1, -0.05) is 17.7 Å². The predicted molar refractivity (Wildman–Crippen MR) is 136 cm³/mol. The number of benzene rings is 2. The summed E-state index contributed by atoms with van der Waals surface area (Å²) in [6, 6.07) is 12.8. The van der Waals surface area contributed by atoms with E-state index in [2.05, 4.69) is 21.2 Å². The summed E-state index contributed by atoms with van der Waals surface area (Å²) in [4.78, 5) is 49.6. The van der Waals surface area contributed by atoms with E-state index in [1.807, 2.05) is 0 Å². The third-order valence-corrected chi connectivity index (χ3v) is 7.16. The number of carboxylic acid groups (broad SMARTS) is 1. The molecule has 3 aromatic rings. The fraction of sp³-hybridized carbons (Fsp3) is 0.0833. The molecule has 4 rings (SSSR count). The number of furan rings is 1. The van der Waals surface area contributed by atoms with Gasteiger partial charge in [-0.15, -0.1) is 0 Å². The first-order chi connectivity index (χ1) is 16.6. The molecule has 0 bridgehead atoms. The van der Waals surface area contributed by atoms with E-state index in [1.165, 1.54) is 12.1 Å². The summed E-state index contributed by atoms with van der Waals surface area (Å²) in [6.45, 7) is 1.32. The Hall–Kier alpha value is -3.34. The van der Waals surface area contributed by atoms with Crippen LogP contribution >= 0.6 is 39.3 Å². The number of carbonyl (C=O) groups excluding carboxylic acids is 3. The van der Waals surface area contributed by atoms with Crippen LogP contribution in [0.25, 0.3) is 17.4 Å². The topological polar surface area (TPSA) is 117 Å². The van der Waals surface area contributed by atoms with Crippen LogP contribution in [0.2, 0.25) is 5.02 Å². The molecule has 0 unspecified atom stereocenters. The number of nitrogens with one attached hydrogen (secondary N) is 1. The molecule has 0 saturated carbocycles. The fourth-order valence-electron chi connectivity index (χ4n) is 3.33. The quantitative estimate of drug-likeness (QED) is 0.344. The van der Waals surface area contributed by atoms with E-state index in [1.54, 1.807) is 49.4 Å². The Balaban J connectivity index is 1.46. The van der Waals surface area contributed by atoms with Gasteiger partial charge in [0.15, 0.2) is 0 Å². The first-order valence-electron chi connectivity index (χ1n) is 10.1. The number of aromatic carboxylic acids is 1. The molecule has 1 fully saturated rings. The van der Waals surface area contributed by atoms with Crippen molar-refractivity contribution in [3.63, 3.8) is 0 Å². The molecule has 1 aromatic heterocycles. The number of thioether (sulfide) groups is 1. The molecule has 2 N–H and O–H groups in total. The van der Waals surface area contributed by atoms with Gasteiger partial charge < -0.3 is 14.8 Å². The van der Waals surface area contributed by atoms with Crippen LogP contribution in [0.4, 0.5) is 10.5 Å². The molecular weight excluding hydrogens is 560 g/mol. The van der Waals surface area contributed by atoms with E-state index in [-0.39, 0.29) is 10.5 Å². The summed E-state index contributed by atoms with van der Waals surface area (Å²) < 4.78 is 6.47. The second-order valence-electron chi connectivity index (χ2n) is 7.48. The van der Waals surface area contributed by atoms with Gasteiger partial charge in [0.1, 0.15) is 18.1 Å². The van der Waals surface area contributed by atoms with Crippen molar-refractivity contribution in [1.29, 1.82) is 0 Å². The highest BCUT2D eigenvalue weighted by atomic mass is 79.9. The third kappa shape index (κ3) is 5.50. The summed E-state index contributed by atoms with van der Waals surface area (Å²) in [5, 5.41) is 11.6. The Morgan fingerprint density at radius 1 is 1.17 bits per heavy atom. The predicted octanol–water partition coefficient (Wildman–Crippen LogP) is 6.04. The highest BCUT2D eigenvalue weighted by Crippen LogP contribution is 2.34. The summed E-state index contributed by atoms with van der Waals surface area (Å²) in [5.41, 5.74) is 2.01. The standard InChI is InChI=1S/C24H16BrClN2O6S/c1-12-8-13(23(31)32)2-5-16(12)19-7-4-15(34-19)10-20-22(30)28(24(33)35-20)11-21(29)27-14-3-6-17(25)18(26)9-14/h2-10H,11H2,1H3,(H,27,29)(H,31,32)/b20-10-. The molecule has 8 nitrogen and oxygen atoms in total. The van der Waals surface area contributed by atoms with Gasteiger partial charge in [-0.2, -0.15) is 0 Å². The minimum atomic E-state index is -1.02. The van der Waals surface area contributed by atoms with Crippen molar-refractivity contribution in [1.82, 2.24) is 4.90 Å². The van der Waals surface area contributed by atoms with Gasteiger partial charge in [0.25, 0.3) is 11.1 Å². The fourth-order valence-corrected chi connectivity index (χ4v) is 4.58. The van der Waals surface area contributed by atoms with Crippen LogP contribution in [0.15, 0.2) is 62.3 Å². The van der Waals surface area contributed by atoms with Gasteiger partial charge in [-0.3, -0.25) is 19.3 Å². The Morgan fingerprint density at radius 2 is 1.94 bits per heavy atom. The lowest BCUT2D eigenvalue weighted by atomic mass is 10.0. The SMILES string of the molecule is Cc1cc(C(=O)O)ccc1-c1ccc(/C=C2\SC(=O)N(CC(=O)Nc3ccc(Br)c(Cl)c3)C2=O)o1. The second-order valence-corrected chi connectivity index (χ2v) is 9.74. The minimum Gasteiger partial charge on any atom is -0.478 e. The van der Waals surface area contributed by atoms with Crippen molar-refractivity contribution in [3.8, 4) is 11.3 Å². The van der Waals surface area contributed by atoms with E-state index < -0.39 is 29.6 Å². The zero-order valence-corrected chi connectivity index (χ0v) is 21.2. The number of nitrogens with zero attached hydrogens (tertiary/aromatic N) is 1. The Kier molecular flexibility index (Phi) is 7.15. The van der Waals surface area contributed by atoms with Crippen LogP contribution in [0.3, 0.4) is 0 Å². The number of anilines is 1. The number of rotatable bonds is 6. The van der Waals surface area contributed by atoms with E-state index in [9.17, 15) is 19.2 Å². The zero-order valence-electron chi connectivity index (χ0n) is 18.0. The van der Waals surface area contributed by atoms with Crippen molar-refractivity contribution in [2.45, 2.75) is 6.92 Å². The van der Waals surface area contributed by atoms with Crippen LogP contribution < -0.4 is 5.32 Å².